The van der Waals surface area contributed by atoms with Crippen LogP contribution in [0.5, 0.6) is 0 Å². The molecule has 3 aromatic rings. The lowest BCUT2D eigenvalue weighted by Crippen LogP contribution is -2.46. The van der Waals surface area contributed by atoms with E-state index in [0.29, 0.717) is 22.9 Å². The molecule has 0 unspecified atom stereocenters. The molecule has 1 aliphatic rings. The van der Waals surface area contributed by atoms with E-state index in [9.17, 15) is 4.79 Å². The average Bonchev–Trinajstić information content (AvgIpc) is 2.80. The van der Waals surface area contributed by atoms with Crippen LogP contribution in [0.4, 0.5) is 17.3 Å². The van der Waals surface area contributed by atoms with E-state index in [-0.39, 0.29) is 5.91 Å². The minimum atomic E-state index is -0.255. The predicted molar refractivity (Wildman–Crippen MR) is 123 cm³/mol. The molecule has 2 aromatic carbocycles. The van der Waals surface area contributed by atoms with Gasteiger partial charge >= 0.3 is 0 Å². The first-order chi connectivity index (χ1) is 15.1. The Morgan fingerprint density at radius 3 is 2.42 bits per heavy atom. The number of rotatable bonds is 6. The highest BCUT2D eigenvalue weighted by molar-refractivity contribution is 5.95. The molecule has 0 radical (unpaired) electrons. The third-order valence-electron chi connectivity index (χ3n) is 5.39. The average molecular weight is 418 g/mol. The predicted octanol–water partition coefficient (Wildman–Crippen LogP) is 2.45. The summed E-state index contributed by atoms with van der Waals surface area (Å²) < 4.78 is 0. The lowest BCUT2D eigenvalue weighted by Gasteiger charge is -2.36. The molecule has 8 nitrogen and oxygen atoms in total. The Morgan fingerprint density at radius 1 is 1.00 bits per heavy atom. The van der Waals surface area contributed by atoms with Gasteiger partial charge in [0.05, 0.1) is 0 Å². The highest BCUT2D eigenvalue weighted by Gasteiger charge is 2.21. The number of nitrogens with one attached hydrogen (secondary N) is 2. The second-order valence-electron chi connectivity index (χ2n) is 7.65. The Bertz CT molecular complexity index is 1020. The molecule has 8 heteroatoms. The summed E-state index contributed by atoms with van der Waals surface area (Å²) in [7, 11) is 0. The van der Waals surface area contributed by atoms with E-state index >= 15 is 0 Å². The third kappa shape index (κ3) is 5.10. The molecule has 160 valence electrons. The second-order valence-corrected chi connectivity index (χ2v) is 7.65. The van der Waals surface area contributed by atoms with Crippen molar-refractivity contribution in [1.29, 1.82) is 0 Å². The Kier molecular flexibility index (Phi) is 6.28. The fourth-order valence-electron chi connectivity index (χ4n) is 3.59. The van der Waals surface area contributed by atoms with Gasteiger partial charge in [-0.25, -0.2) is 9.97 Å². The molecule has 1 amide bonds. The van der Waals surface area contributed by atoms with Crippen molar-refractivity contribution in [3.05, 3.63) is 77.6 Å². The van der Waals surface area contributed by atoms with E-state index in [0.717, 1.165) is 38.3 Å². The van der Waals surface area contributed by atoms with E-state index in [1.54, 1.807) is 12.1 Å². The maximum absolute atomic E-state index is 12.3. The first kappa shape index (κ1) is 20.6. The molecule has 1 aliphatic heterocycles. The highest BCUT2D eigenvalue weighted by atomic mass is 16.2. The maximum atomic E-state index is 12.3. The molecular formula is C23H27N7O. The van der Waals surface area contributed by atoms with Crippen LogP contribution in [0.1, 0.15) is 21.5 Å². The molecule has 0 saturated carbocycles. The van der Waals surface area contributed by atoms with Crippen molar-refractivity contribution in [1.82, 2.24) is 20.3 Å². The smallest absolute Gasteiger partial charge is 0.269 e. The molecule has 1 aromatic heterocycles. The summed E-state index contributed by atoms with van der Waals surface area (Å²) in [4.78, 5) is 25.5. The molecule has 1 saturated heterocycles. The van der Waals surface area contributed by atoms with Crippen molar-refractivity contribution in [3.63, 3.8) is 0 Å². The fourth-order valence-corrected chi connectivity index (χ4v) is 3.59. The van der Waals surface area contributed by atoms with Gasteiger partial charge in [0.15, 0.2) is 11.6 Å². The number of nitrogens with two attached hydrogens (primary N) is 1. The molecule has 4 N–H and O–H groups in total. The van der Waals surface area contributed by atoms with Gasteiger partial charge < -0.3 is 10.6 Å². The number of hydrogen-bond donors (Lipinski definition) is 3. The summed E-state index contributed by atoms with van der Waals surface area (Å²) >= 11 is 0. The zero-order valence-corrected chi connectivity index (χ0v) is 17.6. The summed E-state index contributed by atoms with van der Waals surface area (Å²) in [6.45, 7) is 6.40. The van der Waals surface area contributed by atoms with Gasteiger partial charge in [-0.2, -0.15) is 0 Å². The standard InChI is InChI=1S/C23H27N7O/c1-17-7-9-19(10-8-17)23(31)28-27-21-20(24)22(26-16-25-21)30-13-11-29(12-14-30)15-18-5-3-2-4-6-18/h2-10,16H,11-15,24H2,1H3,(H,28,31)(H,25,26,27). The summed E-state index contributed by atoms with van der Waals surface area (Å²) in [5.74, 6) is 0.813. The zero-order valence-electron chi connectivity index (χ0n) is 17.6. The molecule has 0 bridgehead atoms. The fraction of sp³-hybridized carbons (Fsp3) is 0.261. The SMILES string of the molecule is Cc1ccc(C(=O)NNc2ncnc(N3CCN(Cc4ccccc4)CC3)c2N)cc1. The number of benzene rings is 2. The Balaban J connectivity index is 1.35. The van der Waals surface area contributed by atoms with Gasteiger partial charge in [-0.3, -0.25) is 20.5 Å². The minimum Gasteiger partial charge on any atom is -0.393 e. The van der Waals surface area contributed by atoms with Crippen LogP contribution in [0.3, 0.4) is 0 Å². The van der Waals surface area contributed by atoms with Crippen LogP contribution in [0.15, 0.2) is 60.9 Å². The van der Waals surface area contributed by atoms with Crippen molar-refractivity contribution in [2.45, 2.75) is 13.5 Å². The quantitative estimate of drug-likeness (QED) is 0.530. The van der Waals surface area contributed by atoms with E-state index < -0.39 is 0 Å². The lowest BCUT2D eigenvalue weighted by atomic mass is 10.1. The highest BCUT2D eigenvalue weighted by Crippen LogP contribution is 2.26. The van der Waals surface area contributed by atoms with Gasteiger partial charge in [0.2, 0.25) is 0 Å². The van der Waals surface area contributed by atoms with Crippen LogP contribution in [-0.4, -0.2) is 47.0 Å². The van der Waals surface area contributed by atoms with Gasteiger partial charge in [0, 0.05) is 38.3 Å². The molecule has 4 rings (SSSR count). The minimum absolute atomic E-state index is 0.255. The number of aryl methyl sites for hydroxylation is 1. The Morgan fingerprint density at radius 2 is 1.71 bits per heavy atom. The van der Waals surface area contributed by atoms with E-state index in [2.05, 4.69) is 54.9 Å². The largest absolute Gasteiger partial charge is 0.393 e. The van der Waals surface area contributed by atoms with Crippen LogP contribution in [0, 0.1) is 6.92 Å². The molecular weight excluding hydrogens is 390 g/mol. The monoisotopic (exact) mass is 417 g/mol. The zero-order chi connectivity index (χ0) is 21.6. The third-order valence-corrected chi connectivity index (χ3v) is 5.39. The summed E-state index contributed by atoms with van der Waals surface area (Å²) in [5, 5.41) is 0. The number of nitrogens with zero attached hydrogens (tertiary/aromatic N) is 4. The molecule has 0 aliphatic carbocycles. The van der Waals surface area contributed by atoms with Gasteiger partial charge in [0.1, 0.15) is 12.0 Å². The number of carbonyl (C=O) groups is 1. The first-order valence-corrected chi connectivity index (χ1v) is 10.3. The molecule has 0 atom stereocenters. The van der Waals surface area contributed by atoms with E-state index in [4.69, 9.17) is 5.73 Å². The number of anilines is 3. The van der Waals surface area contributed by atoms with E-state index in [1.807, 2.05) is 25.1 Å². The number of amides is 1. The van der Waals surface area contributed by atoms with E-state index in [1.165, 1.54) is 11.9 Å². The molecule has 31 heavy (non-hydrogen) atoms. The van der Waals surface area contributed by atoms with Gasteiger partial charge in [0.25, 0.3) is 5.91 Å². The Hall–Kier alpha value is -3.65. The molecule has 0 spiro atoms. The molecule has 2 heterocycles. The van der Waals surface area contributed by atoms with Crippen LogP contribution >= 0.6 is 0 Å². The number of hydrazine groups is 1. The summed E-state index contributed by atoms with van der Waals surface area (Å²) in [6.07, 6.45) is 1.46. The normalized spacial score (nSPS) is 14.3. The second kappa shape index (κ2) is 9.44. The van der Waals surface area contributed by atoms with Gasteiger partial charge in [-0.05, 0) is 24.6 Å². The number of hydrogen-bond acceptors (Lipinski definition) is 7. The van der Waals surface area contributed by atoms with Crippen LogP contribution in [-0.2, 0) is 6.54 Å². The van der Waals surface area contributed by atoms with Crippen molar-refractivity contribution in [3.8, 4) is 0 Å². The van der Waals surface area contributed by atoms with Crippen molar-refractivity contribution in [2.75, 3.05) is 42.2 Å². The first-order valence-electron chi connectivity index (χ1n) is 10.3. The van der Waals surface area contributed by atoms with Crippen molar-refractivity contribution >= 4 is 23.2 Å². The number of piperazine rings is 1. The van der Waals surface area contributed by atoms with Crippen LogP contribution in [0.2, 0.25) is 0 Å². The van der Waals surface area contributed by atoms with Crippen molar-refractivity contribution in [2.24, 2.45) is 0 Å². The topological polar surface area (TPSA) is 99.4 Å². The maximum Gasteiger partial charge on any atom is 0.269 e. The summed E-state index contributed by atoms with van der Waals surface area (Å²) in [5.41, 5.74) is 15.2. The Labute approximate surface area is 182 Å². The van der Waals surface area contributed by atoms with Gasteiger partial charge in [-0.15, -0.1) is 0 Å². The summed E-state index contributed by atoms with van der Waals surface area (Å²) in [6, 6.07) is 17.8. The van der Waals surface area contributed by atoms with Gasteiger partial charge in [-0.1, -0.05) is 48.0 Å². The van der Waals surface area contributed by atoms with Crippen molar-refractivity contribution < 1.29 is 4.79 Å². The molecule has 1 fully saturated rings. The van der Waals surface area contributed by atoms with Crippen LogP contribution < -0.4 is 21.5 Å². The number of carbonyl (C=O) groups excluding carboxylic acids is 1. The number of aromatic nitrogens is 2. The lowest BCUT2D eigenvalue weighted by molar-refractivity contribution is 0.0962. The van der Waals surface area contributed by atoms with Crippen LogP contribution in [0.25, 0.3) is 0 Å². The number of nitrogen functional groups attached to an aromatic ring is 1.